The predicted octanol–water partition coefficient (Wildman–Crippen LogP) is 2.94. The quantitative estimate of drug-likeness (QED) is 0.493. The number of hydrogen-bond acceptors (Lipinski definition) is 5. The van der Waals surface area contributed by atoms with E-state index < -0.39 is 5.97 Å². The zero-order valence-corrected chi connectivity index (χ0v) is 12.2. The van der Waals surface area contributed by atoms with Gasteiger partial charge in [-0.15, -0.1) is 0 Å². The first-order valence-electron chi connectivity index (χ1n) is 6.40. The normalized spacial score (nSPS) is 11.3. The minimum absolute atomic E-state index is 0.0310. The van der Waals surface area contributed by atoms with Crippen molar-refractivity contribution in [1.82, 2.24) is 0 Å². The summed E-state index contributed by atoms with van der Waals surface area (Å²) < 4.78 is 15.7. The molecule has 0 aliphatic rings. The molecule has 0 radical (unpaired) electrons. The highest BCUT2D eigenvalue weighted by molar-refractivity contribution is 6.17. The van der Waals surface area contributed by atoms with E-state index in [1.54, 1.807) is 25.1 Å². The largest absolute Gasteiger partial charge is 0.515 e. The van der Waals surface area contributed by atoms with Crippen LogP contribution in [-0.4, -0.2) is 30.9 Å². The summed E-state index contributed by atoms with van der Waals surface area (Å²) >= 11 is 0. The molecule has 0 spiro atoms. The molecule has 0 unspecified atom stereocenters. The van der Waals surface area contributed by atoms with Gasteiger partial charge in [0.2, 0.25) is 0 Å². The van der Waals surface area contributed by atoms with Gasteiger partial charge in [0.25, 0.3) is 0 Å². The van der Waals surface area contributed by atoms with E-state index in [0.717, 1.165) is 6.26 Å². The number of hydrogen-bond donors (Lipinski definition) is 1. The van der Waals surface area contributed by atoms with E-state index in [1.807, 2.05) is 13.8 Å². The van der Waals surface area contributed by atoms with Gasteiger partial charge < -0.3 is 19.3 Å². The molecule has 0 saturated carbocycles. The molecule has 0 amide bonds. The molecule has 110 valence electrons. The molecule has 5 nitrogen and oxygen atoms in total. The molecule has 1 aromatic rings. The van der Waals surface area contributed by atoms with Gasteiger partial charge in [-0.2, -0.15) is 0 Å². The molecule has 1 rings (SSSR count). The van der Waals surface area contributed by atoms with Gasteiger partial charge in [-0.05, 0) is 32.9 Å². The predicted molar refractivity (Wildman–Crippen MR) is 76.0 cm³/mol. The summed E-state index contributed by atoms with van der Waals surface area (Å²) in [6.07, 6.45) is 0.752. The Morgan fingerprint density at radius 1 is 1.40 bits per heavy atom. The lowest BCUT2D eigenvalue weighted by Crippen LogP contribution is -2.09. The molecule has 0 heterocycles. The van der Waals surface area contributed by atoms with Crippen molar-refractivity contribution in [3.63, 3.8) is 0 Å². The first-order chi connectivity index (χ1) is 9.53. The summed E-state index contributed by atoms with van der Waals surface area (Å²) in [6, 6.07) is 5.02. The van der Waals surface area contributed by atoms with Crippen LogP contribution in [0.3, 0.4) is 0 Å². The zero-order valence-electron chi connectivity index (χ0n) is 12.2. The molecular formula is C15H20O5. The molecule has 0 atom stereocenters. The Balaban J connectivity index is 3.14. The van der Waals surface area contributed by atoms with E-state index in [1.165, 1.54) is 7.11 Å². The Kier molecular flexibility index (Phi) is 5.90. The van der Waals surface area contributed by atoms with Crippen LogP contribution in [0, 0.1) is 0 Å². The summed E-state index contributed by atoms with van der Waals surface area (Å²) in [6.45, 7) is 5.76. The molecule has 0 aliphatic heterocycles. The number of benzene rings is 1. The van der Waals surface area contributed by atoms with Crippen LogP contribution >= 0.6 is 0 Å². The fourth-order valence-electron chi connectivity index (χ4n) is 1.68. The third-order valence-electron chi connectivity index (χ3n) is 2.46. The highest BCUT2D eigenvalue weighted by Crippen LogP contribution is 2.31. The van der Waals surface area contributed by atoms with Gasteiger partial charge in [0.1, 0.15) is 17.1 Å². The van der Waals surface area contributed by atoms with E-state index >= 15 is 0 Å². The van der Waals surface area contributed by atoms with E-state index in [9.17, 15) is 9.90 Å². The van der Waals surface area contributed by atoms with Gasteiger partial charge in [0, 0.05) is 11.6 Å². The molecule has 0 bridgehead atoms. The van der Waals surface area contributed by atoms with E-state index in [4.69, 9.17) is 14.2 Å². The van der Waals surface area contributed by atoms with Crippen LogP contribution < -0.4 is 9.47 Å². The molecule has 0 saturated heterocycles. The monoisotopic (exact) mass is 280 g/mol. The lowest BCUT2D eigenvalue weighted by Gasteiger charge is -2.14. The highest BCUT2D eigenvalue weighted by atomic mass is 16.5. The fourth-order valence-corrected chi connectivity index (χ4v) is 1.68. The molecule has 1 aromatic carbocycles. The number of carbonyl (C=O) groups is 1. The van der Waals surface area contributed by atoms with Crippen LogP contribution in [0.5, 0.6) is 11.5 Å². The summed E-state index contributed by atoms with van der Waals surface area (Å²) in [5.74, 6) is 0.448. The lowest BCUT2D eigenvalue weighted by molar-refractivity contribution is -0.136. The van der Waals surface area contributed by atoms with Crippen LogP contribution in [-0.2, 0) is 9.53 Å². The van der Waals surface area contributed by atoms with Crippen molar-refractivity contribution < 1.29 is 24.1 Å². The maximum Gasteiger partial charge on any atom is 0.342 e. The van der Waals surface area contributed by atoms with Crippen molar-refractivity contribution in [1.29, 1.82) is 0 Å². The second-order valence-electron chi connectivity index (χ2n) is 4.29. The summed E-state index contributed by atoms with van der Waals surface area (Å²) in [5, 5.41) is 9.26. The number of esters is 1. The van der Waals surface area contributed by atoms with Crippen LogP contribution in [0.25, 0.3) is 5.57 Å². The molecule has 5 heteroatoms. The highest BCUT2D eigenvalue weighted by Gasteiger charge is 2.18. The van der Waals surface area contributed by atoms with Crippen molar-refractivity contribution in [2.75, 3.05) is 13.7 Å². The van der Waals surface area contributed by atoms with Gasteiger partial charge in [0.15, 0.2) is 0 Å². The molecule has 0 aromatic heterocycles. The lowest BCUT2D eigenvalue weighted by atomic mass is 10.1. The number of rotatable bonds is 6. The van der Waals surface area contributed by atoms with Gasteiger partial charge in [-0.3, -0.25) is 0 Å². The Morgan fingerprint density at radius 3 is 2.60 bits per heavy atom. The second-order valence-corrected chi connectivity index (χ2v) is 4.29. The Morgan fingerprint density at radius 2 is 2.10 bits per heavy atom. The number of aliphatic hydroxyl groups is 1. The SMILES string of the molecule is CCOC(=O)C(=CO)c1ccc(OC(C)C)cc1OC. The van der Waals surface area contributed by atoms with Crippen LogP contribution in [0.4, 0.5) is 0 Å². The maximum absolute atomic E-state index is 11.8. The maximum atomic E-state index is 11.8. The summed E-state index contributed by atoms with van der Waals surface area (Å²) in [4.78, 5) is 11.8. The van der Waals surface area contributed by atoms with Crippen LogP contribution in [0.1, 0.15) is 26.3 Å². The Bertz CT molecular complexity index is 491. The minimum Gasteiger partial charge on any atom is -0.515 e. The van der Waals surface area contributed by atoms with Gasteiger partial charge in [-0.1, -0.05) is 0 Å². The number of methoxy groups -OCH3 is 1. The van der Waals surface area contributed by atoms with Crippen molar-refractivity contribution in [3.05, 3.63) is 30.0 Å². The second kappa shape index (κ2) is 7.43. The van der Waals surface area contributed by atoms with Crippen LogP contribution in [0.15, 0.2) is 24.5 Å². The van der Waals surface area contributed by atoms with Crippen LogP contribution in [0.2, 0.25) is 0 Å². The third-order valence-corrected chi connectivity index (χ3v) is 2.46. The topological polar surface area (TPSA) is 65.0 Å². The average molecular weight is 280 g/mol. The Labute approximate surface area is 118 Å². The van der Waals surface area contributed by atoms with Gasteiger partial charge >= 0.3 is 5.97 Å². The van der Waals surface area contributed by atoms with Crippen molar-refractivity contribution >= 4 is 11.5 Å². The summed E-state index contributed by atoms with van der Waals surface area (Å²) in [7, 11) is 1.48. The third kappa shape index (κ3) is 3.91. The first-order valence-corrected chi connectivity index (χ1v) is 6.40. The number of aliphatic hydroxyl groups excluding tert-OH is 1. The number of carbonyl (C=O) groups excluding carboxylic acids is 1. The van der Waals surface area contributed by atoms with E-state index in [2.05, 4.69) is 0 Å². The fraction of sp³-hybridized carbons (Fsp3) is 0.400. The summed E-state index contributed by atoms with van der Waals surface area (Å²) in [5.41, 5.74) is 0.490. The van der Waals surface area contributed by atoms with Gasteiger partial charge in [-0.25, -0.2) is 4.79 Å². The van der Waals surface area contributed by atoms with E-state index in [0.29, 0.717) is 17.1 Å². The average Bonchev–Trinajstić information content (AvgIpc) is 2.40. The first kappa shape index (κ1) is 15.9. The van der Waals surface area contributed by atoms with E-state index in [-0.39, 0.29) is 18.3 Å². The Hall–Kier alpha value is -2.17. The smallest absolute Gasteiger partial charge is 0.342 e. The molecule has 0 fully saturated rings. The number of ether oxygens (including phenoxy) is 3. The van der Waals surface area contributed by atoms with Crippen molar-refractivity contribution in [2.45, 2.75) is 26.9 Å². The molecule has 1 N–H and O–H groups in total. The van der Waals surface area contributed by atoms with Crippen molar-refractivity contribution in [2.24, 2.45) is 0 Å². The minimum atomic E-state index is -0.606. The molecule has 20 heavy (non-hydrogen) atoms. The zero-order chi connectivity index (χ0) is 15.1. The van der Waals surface area contributed by atoms with Gasteiger partial charge in [0.05, 0.1) is 26.1 Å². The standard InChI is InChI=1S/C15H20O5/c1-5-19-15(17)13(9-16)12-7-6-11(20-10(2)3)8-14(12)18-4/h6-10,16H,5H2,1-4H3. The van der Waals surface area contributed by atoms with Crippen molar-refractivity contribution in [3.8, 4) is 11.5 Å². The molecular weight excluding hydrogens is 260 g/mol. The molecule has 0 aliphatic carbocycles.